The molecule has 0 saturated heterocycles. The van der Waals surface area contributed by atoms with E-state index in [1.807, 2.05) is 30.3 Å². The van der Waals surface area contributed by atoms with E-state index in [-0.39, 0.29) is 22.5 Å². The van der Waals surface area contributed by atoms with E-state index in [9.17, 15) is 14.0 Å². The number of anilines is 1. The molecule has 4 rings (SSSR count). The highest BCUT2D eigenvalue weighted by Crippen LogP contribution is 2.37. The van der Waals surface area contributed by atoms with Crippen LogP contribution in [0.15, 0.2) is 89.6 Å². The van der Waals surface area contributed by atoms with Gasteiger partial charge in [0, 0.05) is 5.70 Å². The number of hydrogen-bond acceptors (Lipinski definition) is 5. The van der Waals surface area contributed by atoms with Gasteiger partial charge in [0.2, 0.25) is 0 Å². The minimum Gasteiger partial charge on any atom is -0.493 e. The molecule has 0 radical (unpaired) electrons. The quantitative estimate of drug-likeness (QED) is 0.345. The molecule has 0 aliphatic carbocycles. The first kappa shape index (κ1) is 23.8. The van der Waals surface area contributed by atoms with Gasteiger partial charge in [-0.2, -0.15) is 0 Å². The van der Waals surface area contributed by atoms with Crippen LogP contribution < -0.4 is 14.4 Å². The third-order valence-corrected chi connectivity index (χ3v) is 5.62. The molecule has 0 saturated carbocycles. The molecule has 1 heterocycles. The summed E-state index contributed by atoms with van der Waals surface area (Å²) in [6.45, 7) is 1.95. The van der Waals surface area contributed by atoms with Crippen molar-refractivity contribution in [3.63, 3.8) is 0 Å². The van der Waals surface area contributed by atoms with Gasteiger partial charge in [0.1, 0.15) is 12.4 Å². The Morgan fingerprint density at radius 1 is 0.971 bits per heavy atom. The van der Waals surface area contributed by atoms with Crippen LogP contribution in [0.3, 0.4) is 0 Å². The first-order valence-corrected chi connectivity index (χ1v) is 10.9. The van der Waals surface area contributed by atoms with Crippen LogP contribution >= 0.6 is 0 Å². The summed E-state index contributed by atoms with van der Waals surface area (Å²) in [7, 11) is 2.75. The molecule has 178 valence electrons. The monoisotopic (exact) mass is 473 g/mol. The van der Waals surface area contributed by atoms with E-state index in [1.54, 1.807) is 37.3 Å². The lowest BCUT2D eigenvalue weighted by molar-refractivity contribution is -0.136. The van der Waals surface area contributed by atoms with E-state index in [4.69, 9.17) is 14.2 Å². The molecular formula is C28H24FNO5. The summed E-state index contributed by atoms with van der Waals surface area (Å²) >= 11 is 0. The van der Waals surface area contributed by atoms with Gasteiger partial charge in [-0.05, 0) is 48.4 Å². The molecule has 7 heteroatoms. The summed E-state index contributed by atoms with van der Waals surface area (Å²) < 4.78 is 30.8. The lowest BCUT2D eigenvalue weighted by Crippen LogP contribution is -2.25. The first-order chi connectivity index (χ1) is 16.9. The van der Waals surface area contributed by atoms with Crippen LogP contribution in [0.4, 0.5) is 10.1 Å². The highest BCUT2D eigenvalue weighted by Gasteiger charge is 2.38. The van der Waals surface area contributed by atoms with Gasteiger partial charge in [-0.25, -0.2) is 9.18 Å². The maximum Gasteiger partial charge on any atom is 0.340 e. The SMILES string of the molecule is COC(=O)C1=C(C)N(c2ccccc2F)C(=O)/C1=C\c1ccc(OCc2ccccc2)c(OC)c1. The second-order valence-electron chi connectivity index (χ2n) is 7.79. The number of carbonyl (C=O) groups is 2. The Balaban J connectivity index is 1.69. The Kier molecular flexibility index (Phi) is 6.96. The van der Waals surface area contributed by atoms with Crippen molar-refractivity contribution in [2.45, 2.75) is 13.5 Å². The molecule has 0 atom stereocenters. The fraction of sp³-hybridized carbons (Fsp3) is 0.143. The van der Waals surface area contributed by atoms with Gasteiger partial charge in [-0.3, -0.25) is 9.69 Å². The minimum atomic E-state index is -0.685. The molecule has 1 aliphatic heterocycles. The maximum atomic E-state index is 14.5. The van der Waals surface area contributed by atoms with Gasteiger partial charge < -0.3 is 14.2 Å². The third kappa shape index (κ3) is 4.80. The number of ether oxygens (including phenoxy) is 3. The molecule has 0 bridgehead atoms. The Labute approximate surface area is 202 Å². The van der Waals surface area contributed by atoms with E-state index in [2.05, 4.69) is 0 Å². The van der Waals surface area contributed by atoms with Crippen LogP contribution in [-0.4, -0.2) is 26.1 Å². The van der Waals surface area contributed by atoms with Gasteiger partial charge in [0.25, 0.3) is 5.91 Å². The Morgan fingerprint density at radius 3 is 2.37 bits per heavy atom. The van der Waals surface area contributed by atoms with E-state index in [0.717, 1.165) is 5.56 Å². The average molecular weight is 474 g/mol. The van der Waals surface area contributed by atoms with Crippen molar-refractivity contribution >= 4 is 23.6 Å². The van der Waals surface area contributed by atoms with Crippen molar-refractivity contribution in [1.29, 1.82) is 0 Å². The Hall–Kier alpha value is -4.39. The van der Waals surface area contributed by atoms with E-state index in [1.165, 1.54) is 37.3 Å². The smallest absolute Gasteiger partial charge is 0.340 e. The number of allylic oxidation sites excluding steroid dienone is 1. The predicted molar refractivity (Wildman–Crippen MR) is 130 cm³/mol. The highest BCUT2D eigenvalue weighted by molar-refractivity contribution is 6.23. The van der Waals surface area contributed by atoms with Crippen molar-refractivity contribution in [3.05, 3.63) is 107 Å². The number of methoxy groups -OCH3 is 2. The first-order valence-electron chi connectivity index (χ1n) is 10.9. The number of hydrogen-bond donors (Lipinski definition) is 0. The summed E-state index contributed by atoms with van der Waals surface area (Å²) in [5.74, 6) is -0.796. The molecule has 1 aliphatic rings. The van der Waals surface area contributed by atoms with E-state index < -0.39 is 17.7 Å². The van der Waals surface area contributed by atoms with Crippen molar-refractivity contribution in [2.75, 3.05) is 19.1 Å². The lowest BCUT2D eigenvalue weighted by atomic mass is 10.0. The number of nitrogens with zero attached hydrogens (tertiary/aromatic N) is 1. The van der Waals surface area contributed by atoms with Gasteiger partial charge in [0.05, 0.1) is 31.1 Å². The number of para-hydroxylation sites is 1. The highest BCUT2D eigenvalue weighted by atomic mass is 19.1. The number of esters is 1. The number of halogens is 1. The largest absolute Gasteiger partial charge is 0.493 e. The van der Waals surface area contributed by atoms with Crippen LogP contribution in [0.1, 0.15) is 18.1 Å². The average Bonchev–Trinajstić information content (AvgIpc) is 3.12. The van der Waals surface area contributed by atoms with Crippen LogP contribution in [-0.2, 0) is 20.9 Å². The normalized spacial score (nSPS) is 14.5. The minimum absolute atomic E-state index is 0.0574. The second-order valence-corrected chi connectivity index (χ2v) is 7.79. The second kappa shape index (κ2) is 10.3. The number of carbonyl (C=O) groups excluding carboxylic acids is 2. The van der Waals surface area contributed by atoms with Gasteiger partial charge in [0.15, 0.2) is 11.5 Å². The molecule has 0 fully saturated rings. The van der Waals surface area contributed by atoms with Crippen molar-refractivity contribution < 1.29 is 28.2 Å². The lowest BCUT2D eigenvalue weighted by Gasteiger charge is -2.18. The molecular weight excluding hydrogens is 449 g/mol. The number of amides is 1. The van der Waals surface area contributed by atoms with Crippen LogP contribution in [0.25, 0.3) is 6.08 Å². The standard InChI is InChI=1S/C28H24FNO5/c1-18-26(28(32)34-3)21(27(31)30(18)23-12-8-7-11-22(23)29)15-20-13-14-24(25(16-20)33-2)35-17-19-9-5-4-6-10-19/h4-16H,17H2,1-3H3/b21-15-. The number of benzene rings is 3. The Morgan fingerprint density at radius 2 is 1.69 bits per heavy atom. The van der Waals surface area contributed by atoms with Crippen LogP contribution in [0.2, 0.25) is 0 Å². The molecule has 3 aromatic carbocycles. The fourth-order valence-electron chi connectivity index (χ4n) is 3.90. The van der Waals surface area contributed by atoms with E-state index >= 15 is 0 Å². The maximum absolute atomic E-state index is 14.5. The van der Waals surface area contributed by atoms with Crippen molar-refractivity contribution in [3.8, 4) is 11.5 Å². The molecule has 0 spiro atoms. The van der Waals surface area contributed by atoms with Crippen molar-refractivity contribution in [2.24, 2.45) is 0 Å². The fourth-order valence-corrected chi connectivity index (χ4v) is 3.90. The molecule has 35 heavy (non-hydrogen) atoms. The van der Waals surface area contributed by atoms with Gasteiger partial charge >= 0.3 is 5.97 Å². The van der Waals surface area contributed by atoms with Gasteiger partial charge in [-0.15, -0.1) is 0 Å². The number of rotatable bonds is 7. The van der Waals surface area contributed by atoms with Crippen LogP contribution in [0.5, 0.6) is 11.5 Å². The molecule has 3 aromatic rings. The molecule has 0 aromatic heterocycles. The molecule has 6 nitrogen and oxygen atoms in total. The van der Waals surface area contributed by atoms with Crippen molar-refractivity contribution in [1.82, 2.24) is 0 Å². The molecule has 0 N–H and O–H groups in total. The van der Waals surface area contributed by atoms with Crippen LogP contribution in [0, 0.1) is 5.82 Å². The zero-order valence-electron chi connectivity index (χ0n) is 19.6. The van der Waals surface area contributed by atoms with E-state index in [0.29, 0.717) is 23.7 Å². The molecule has 0 unspecified atom stereocenters. The predicted octanol–water partition coefficient (Wildman–Crippen LogP) is 5.29. The summed E-state index contributed by atoms with van der Waals surface area (Å²) in [5.41, 5.74) is 2.12. The summed E-state index contributed by atoms with van der Waals surface area (Å²) in [4.78, 5) is 27.1. The third-order valence-electron chi connectivity index (χ3n) is 5.62. The Bertz CT molecular complexity index is 1330. The summed E-state index contributed by atoms with van der Waals surface area (Å²) in [6.07, 6.45) is 1.56. The van der Waals surface area contributed by atoms with Gasteiger partial charge in [-0.1, -0.05) is 48.5 Å². The molecule has 1 amide bonds. The summed E-state index contributed by atoms with van der Waals surface area (Å²) in [5, 5.41) is 0. The zero-order chi connectivity index (χ0) is 24.9. The summed E-state index contributed by atoms with van der Waals surface area (Å²) in [6, 6.07) is 20.8. The topological polar surface area (TPSA) is 65.1 Å². The zero-order valence-corrected chi connectivity index (χ0v) is 19.6.